The molecule has 1 saturated heterocycles. The van der Waals surface area contributed by atoms with Gasteiger partial charge in [0.2, 0.25) is 0 Å². The Labute approximate surface area is 96.8 Å². The molecule has 2 rings (SSSR count). The maximum Gasteiger partial charge on any atom is 0.118 e. The van der Waals surface area contributed by atoms with Crippen LogP contribution in [0.2, 0.25) is 0 Å². The molecule has 1 aliphatic rings. The van der Waals surface area contributed by atoms with E-state index < -0.39 is 0 Å². The summed E-state index contributed by atoms with van der Waals surface area (Å²) >= 11 is 0. The van der Waals surface area contributed by atoms with Gasteiger partial charge in [0.15, 0.2) is 0 Å². The normalized spacial score (nSPS) is 23.3. The number of hydrogen-bond acceptors (Lipinski definition) is 3. The minimum atomic E-state index is -0.0445. The van der Waals surface area contributed by atoms with Crippen LogP contribution in [0.3, 0.4) is 0 Å². The largest absolute Gasteiger partial charge is 0.497 e. The second-order valence-corrected chi connectivity index (χ2v) is 4.80. The molecule has 0 aromatic heterocycles. The minimum Gasteiger partial charge on any atom is -0.497 e. The summed E-state index contributed by atoms with van der Waals surface area (Å²) in [6.45, 7) is 5.12. The van der Waals surface area contributed by atoms with Gasteiger partial charge >= 0.3 is 0 Å². The quantitative estimate of drug-likeness (QED) is 0.846. The first-order valence-electron chi connectivity index (χ1n) is 5.63. The lowest BCUT2D eigenvalue weighted by Crippen LogP contribution is -2.24. The molecule has 1 N–H and O–H groups in total. The molecule has 0 radical (unpaired) electrons. The molecule has 0 spiro atoms. The SMILES string of the molecule is COc1ccc(CC2NCC(C)(C)O2)cc1. The number of hydrogen-bond donors (Lipinski definition) is 1. The van der Waals surface area contributed by atoms with Crippen LogP contribution in [-0.4, -0.2) is 25.5 Å². The van der Waals surface area contributed by atoms with E-state index >= 15 is 0 Å². The fraction of sp³-hybridized carbons (Fsp3) is 0.538. The summed E-state index contributed by atoms with van der Waals surface area (Å²) in [5, 5.41) is 3.37. The van der Waals surface area contributed by atoms with Gasteiger partial charge in [-0.3, -0.25) is 5.32 Å². The summed E-state index contributed by atoms with van der Waals surface area (Å²) in [7, 11) is 1.68. The lowest BCUT2D eigenvalue weighted by molar-refractivity contribution is -0.0136. The molecule has 1 aromatic rings. The number of nitrogens with one attached hydrogen (secondary N) is 1. The van der Waals surface area contributed by atoms with Crippen molar-refractivity contribution < 1.29 is 9.47 Å². The Kier molecular flexibility index (Phi) is 3.17. The Morgan fingerprint density at radius 1 is 1.38 bits per heavy atom. The van der Waals surface area contributed by atoms with Crippen LogP contribution in [-0.2, 0) is 11.2 Å². The monoisotopic (exact) mass is 221 g/mol. The molecule has 1 aliphatic heterocycles. The molecule has 0 aliphatic carbocycles. The van der Waals surface area contributed by atoms with Gasteiger partial charge in [0, 0.05) is 13.0 Å². The van der Waals surface area contributed by atoms with Crippen LogP contribution in [0.15, 0.2) is 24.3 Å². The lowest BCUT2D eigenvalue weighted by Gasteiger charge is -2.17. The fourth-order valence-electron chi connectivity index (χ4n) is 1.92. The molecule has 1 atom stereocenters. The van der Waals surface area contributed by atoms with Crippen molar-refractivity contribution in [1.29, 1.82) is 0 Å². The molecule has 0 amide bonds. The summed E-state index contributed by atoms with van der Waals surface area (Å²) < 4.78 is 11.0. The Morgan fingerprint density at radius 3 is 2.56 bits per heavy atom. The molecule has 1 aromatic carbocycles. The molecule has 1 heterocycles. The second kappa shape index (κ2) is 4.44. The highest BCUT2D eigenvalue weighted by Crippen LogP contribution is 2.20. The maximum absolute atomic E-state index is 5.87. The van der Waals surface area contributed by atoms with Gasteiger partial charge in [0.25, 0.3) is 0 Å². The van der Waals surface area contributed by atoms with E-state index in [1.165, 1.54) is 5.56 Å². The Bertz CT molecular complexity index is 345. The molecule has 88 valence electrons. The highest BCUT2D eigenvalue weighted by molar-refractivity contribution is 5.27. The standard InChI is InChI=1S/C13H19NO2/c1-13(2)9-14-12(16-13)8-10-4-6-11(15-3)7-5-10/h4-7,12,14H,8-9H2,1-3H3. The predicted octanol–water partition coefficient (Wildman–Crippen LogP) is 1.96. The smallest absolute Gasteiger partial charge is 0.118 e. The first kappa shape index (κ1) is 11.4. The van der Waals surface area contributed by atoms with Crippen molar-refractivity contribution in [2.75, 3.05) is 13.7 Å². The van der Waals surface area contributed by atoms with E-state index in [1.807, 2.05) is 12.1 Å². The summed E-state index contributed by atoms with van der Waals surface area (Å²) in [5.74, 6) is 0.893. The highest BCUT2D eigenvalue weighted by atomic mass is 16.5. The van der Waals surface area contributed by atoms with Crippen molar-refractivity contribution in [2.45, 2.75) is 32.1 Å². The van der Waals surface area contributed by atoms with Crippen molar-refractivity contribution in [3.8, 4) is 5.75 Å². The maximum atomic E-state index is 5.87. The number of benzene rings is 1. The minimum absolute atomic E-state index is 0.0445. The van der Waals surface area contributed by atoms with Crippen LogP contribution in [0.5, 0.6) is 5.75 Å². The van der Waals surface area contributed by atoms with E-state index in [0.29, 0.717) is 0 Å². The van der Waals surface area contributed by atoms with E-state index in [9.17, 15) is 0 Å². The Morgan fingerprint density at radius 2 is 2.06 bits per heavy atom. The summed E-state index contributed by atoms with van der Waals surface area (Å²) in [4.78, 5) is 0. The van der Waals surface area contributed by atoms with Crippen LogP contribution < -0.4 is 10.1 Å². The van der Waals surface area contributed by atoms with Gasteiger partial charge in [-0.2, -0.15) is 0 Å². The molecular weight excluding hydrogens is 202 g/mol. The fourth-order valence-corrected chi connectivity index (χ4v) is 1.92. The van der Waals surface area contributed by atoms with Crippen molar-refractivity contribution in [3.63, 3.8) is 0 Å². The summed E-state index contributed by atoms with van der Waals surface area (Å²) in [5.41, 5.74) is 1.22. The zero-order chi connectivity index (χ0) is 11.6. The zero-order valence-electron chi connectivity index (χ0n) is 10.1. The number of rotatable bonds is 3. The van der Waals surface area contributed by atoms with Gasteiger partial charge in [-0.05, 0) is 31.5 Å². The van der Waals surface area contributed by atoms with Gasteiger partial charge in [-0.15, -0.1) is 0 Å². The summed E-state index contributed by atoms with van der Waals surface area (Å²) in [6, 6.07) is 8.12. The van der Waals surface area contributed by atoms with Gasteiger partial charge in [0.1, 0.15) is 12.0 Å². The first-order valence-corrected chi connectivity index (χ1v) is 5.63. The van der Waals surface area contributed by atoms with E-state index in [4.69, 9.17) is 9.47 Å². The van der Waals surface area contributed by atoms with Gasteiger partial charge in [-0.1, -0.05) is 12.1 Å². The van der Waals surface area contributed by atoms with Crippen LogP contribution in [0, 0.1) is 0 Å². The predicted molar refractivity (Wildman–Crippen MR) is 63.7 cm³/mol. The third-order valence-electron chi connectivity index (χ3n) is 2.80. The molecule has 3 nitrogen and oxygen atoms in total. The van der Waals surface area contributed by atoms with Crippen molar-refractivity contribution in [3.05, 3.63) is 29.8 Å². The van der Waals surface area contributed by atoms with Crippen LogP contribution in [0.4, 0.5) is 0 Å². The topological polar surface area (TPSA) is 30.5 Å². The van der Waals surface area contributed by atoms with Crippen molar-refractivity contribution in [2.24, 2.45) is 0 Å². The first-order chi connectivity index (χ1) is 7.59. The number of methoxy groups -OCH3 is 1. The molecule has 1 fully saturated rings. The van der Waals surface area contributed by atoms with Gasteiger partial charge in [0.05, 0.1) is 12.7 Å². The zero-order valence-corrected chi connectivity index (χ0v) is 10.1. The average molecular weight is 221 g/mol. The highest BCUT2D eigenvalue weighted by Gasteiger charge is 2.30. The molecule has 3 heteroatoms. The van der Waals surface area contributed by atoms with Gasteiger partial charge in [-0.25, -0.2) is 0 Å². The van der Waals surface area contributed by atoms with Crippen LogP contribution >= 0.6 is 0 Å². The number of ether oxygens (including phenoxy) is 2. The van der Waals surface area contributed by atoms with E-state index in [1.54, 1.807) is 7.11 Å². The molecule has 0 saturated carbocycles. The third-order valence-corrected chi connectivity index (χ3v) is 2.80. The van der Waals surface area contributed by atoms with Crippen molar-refractivity contribution >= 4 is 0 Å². The van der Waals surface area contributed by atoms with E-state index in [0.717, 1.165) is 18.7 Å². The molecular formula is C13H19NO2. The van der Waals surface area contributed by atoms with E-state index in [2.05, 4.69) is 31.3 Å². The lowest BCUT2D eigenvalue weighted by atomic mass is 10.1. The molecule has 0 bridgehead atoms. The van der Waals surface area contributed by atoms with Crippen LogP contribution in [0.1, 0.15) is 19.4 Å². The average Bonchev–Trinajstić information content (AvgIpc) is 2.59. The van der Waals surface area contributed by atoms with Crippen molar-refractivity contribution in [1.82, 2.24) is 5.32 Å². The van der Waals surface area contributed by atoms with E-state index in [-0.39, 0.29) is 11.8 Å². The Balaban J connectivity index is 1.94. The summed E-state index contributed by atoms with van der Waals surface area (Å²) in [6.07, 6.45) is 1.02. The van der Waals surface area contributed by atoms with Gasteiger partial charge < -0.3 is 9.47 Å². The third kappa shape index (κ3) is 2.74. The second-order valence-electron chi connectivity index (χ2n) is 4.80. The Hall–Kier alpha value is -1.06. The molecule has 1 unspecified atom stereocenters. The van der Waals surface area contributed by atoms with Crippen LogP contribution in [0.25, 0.3) is 0 Å². The molecule has 16 heavy (non-hydrogen) atoms.